The van der Waals surface area contributed by atoms with Crippen LogP contribution < -0.4 is 15.6 Å². The fourth-order valence-electron chi connectivity index (χ4n) is 6.87. The summed E-state index contributed by atoms with van der Waals surface area (Å²) < 4.78 is 12.9. The summed E-state index contributed by atoms with van der Waals surface area (Å²) in [4.78, 5) is 0. The van der Waals surface area contributed by atoms with Gasteiger partial charge in [0.2, 0.25) is 0 Å². The maximum Gasteiger partial charge on any atom is 0.148 e. The van der Waals surface area contributed by atoms with E-state index < -0.39 is 8.07 Å². The van der Waals surface area contributed by atoms with Gasteiger partial charge < -0.3 is 9.47 Å². The zero-order chi connectivity index (χ0) is 30.2. The number of hydrogen-bond donors (Lipinski definition) is 0. The molecule has 3 aromatic carbocycles. The van der Waals surface area contributed by atoms with Crippen molar-refractivity contribution in [2.45, 2.75) is 65.8 Å². The standard InChI is InChI=1S/C36H47Cl3O2Si/c1-5-40-25-36(26-41-24-27(2)3,29-8-6-28(4)7-9-29)22-23-42(33-16-10-30(37)11-17-33,34-18-12-31(38)13-19-34)35-20-14-32(39)15-21-35/h10-21,27-29H,5-9,22-26H2,1-4H3. The number of halogens is 3. The third kappa shape index (κ3) is 8.23. The van der Waals surface area contributed by atoms with Crippen molar-refractivity contribution in [2.24, 2.45) is 23.2 Å². The number of rotatable bonds is 14. The van der Waals surface area contributed by atoms with Gasteiger partial charge in [0.25, 0.3) is 0 Å². The first-order valence-electron chi connectivity index (χ1n) is 15.6. The largest absolute Gasteiger partial charge is 0.381 e. The highest BCUT2D eigenvalue weighted by atomic mass is 35.5. The lowest BCUT2D eigenvalue weighted by Gasteiger charge is -2.46. The zero-order valence-electron chi connectivity index (χ0n) is 25.7. The smallest absolute Gasteiger partial charge is 0.148 e. The molecule has 0 saturated heterocycles. The molecule has 1 saturated carbocycles. The van der Waals surface area contributed by atoms with Crippen LogP contribution in [0, 0.1) is 23.2 Å². The molecule has 1 aliphatic carbocycles. The summed E-state index contributed by atoms with van der Waals surface area (Å²) in [6.45, 7) is 11.9. The minimum Gasteiger partial charge on any atom is -0.381 e. The van der Waals surface area contributed by atoms with Crippen LogP contribution in [0.3, 0.4) is 0 Å². The Morgan fingerprint density at radius 1 is 0.714 bits per heavy atom. The summed E-state index contributed by atoms with van der Waals surface area (Å²) in [7, 11) is -2.57. The van der Waals surface area contributed by atoms with Gasteiger partial charge in [0, 0.05) is 33.7 Å². The number of benzene rings is 3. The molecule has 1 fully saturated rings. The summed E-state index contributed by atoms with van der Waals surface area (Å²) in [5.41, 5.74) is -0.0609. The van der Waals surface area contributed by atoms with E-state index >= 15 is 0 Å². The lowest BCUT2D eigenvalue weighted by atomic mass is 9.66. The Balaban J connectivity index is 1.86. The molecule has 4 rings (SSSR count). The molecular formula is C36H47Cl3O2Si. The molecule has 0 amide bonds. The molecule has 6 heteroatoms. The van der Waals surface area contributed by atoms with Crippen molar-refractivity contribution < 1.29 is 9.47 Å². The maximum atomic E-state index is 6.55. The van der Waals surface area contributed by atoms with Gasteiger partial charge >= 0.3 is 0 Å². The van der Waals surface area contributed by atoms with Crippen LogP contribution in [0.2, 0.25) is 21.1 Å². The molecule has 1 aliphatic rings. The molecule has 0 bridgehead atoms. The molecular weight excluding hydrogens is 599 g/mol. The van der Waals surface area contributed by atoms with Crippen molar-refractivity contribution in [3.8, 4) is 0 Å². The Hall–Kier alpha value is -1.33. The summed E-state index contributed by atoms with van der Waals surface area (Å²) in [5, 5.41) is 6.25. The first-order chi connectivity index (χ1) is 20.2. The van der Waals surface area contributed by atoms with Crippen molar-refractivity contribution >= 4 is 58.4 Å². The van der Waals surface area contributed by atoms with Gasteiger partial charge in [0.15, 0.2) is 0 Å². The van der Waals surface area contributed by atoms with E-state index in [0.29, 0.717) is 18.4 Å². The van der Waals surface area contributed by atoms with Gasteiger partial charge in [-0.3, -0.25) is 0 Å². The second-order valence-electron chi connectivity index (χ2n) is 12.8. The van der Waals surface area contributed by atoms with Gasteiger partial charge in [-0.15, -0.1) is 0 Å². The summed E-state index contributed by atoms with van der Waals surface area (Å²) >= 11 is 19.3. The normalized spacial score (nSPS) is 19.1. The van der Waals surface area contributed by atoms with Crippen LogP contribution in [0.5, 0.6) is 0 Å². The van der Waals surface area contributed by atoms with E-state index in [2.05, 4.69) is 64.1 Å². The summed E-state index contributed by atoms with van der Waals surface area (Å²) in [6, 6.07) is 26.6. The Morgan fingerprint density at radius 3 is 1.55 bits per heavy atom. The highest BCUT2D eigenvalue weighted by Crippen LogP contribution is 2.45. The van der Waals surface area contributed by atoms with E-state index in [-0.39, 0.29) is 5.41 Å². The average molecular weight is 646 g/mol. The summed E-state index contributed by atoms with van der Waals surface area (Å²) in [6.07, 6.45) is 6.03. The number of hydrogen-bond acceptors (Lipinski definition) is 2. The van der Waals surface area contributed by atoms with Gasteiger partial charge in [0.1, 0.15) is 8.07 Å². The minimum absolute atomic E-state index is 0.0609. The van der Waals surface area contributed by atoms with Gasteiger partial charge in [-0.25, -0.2) is 0 Å². The van der Waals surface area contributed by atoms with Gasteiger partial charge in [0.05, 0.1) is 13.2 Å². The topological polar surface area (TPSA) is 18.5 Å². The predicted molar refractivity (Wildman–Crippen MR) is 184 cm³/mol. The van der Waals surface area contributed by atoms with Crippen LogP contribution in [0.15, 0.2) is 72.8 Å². The fraction of sp³-hybridized carbons (Fsp3) is 0.500. The van der Waals surface area contributed by atoms with Gasteiger partial charge in [-0.1, -0.05) is 105 Å². The molecule has 0 N–H and O–H groups in total. The highest BCUT2D eigenvalue weighted by Gasteiger charge is 2.46. The molecule has 0 aromatic heterocycles. The Labute approximate surface area is 270 Å². The number of ether oxygens (including phenoxy) is 2. The lowest BCUT2D eigenvalue weighted by molar-refractivity contribution is -0.0714. The Bertz CT molecular complexity index is 1110. The quantitative estimate of drug-likeness (QED) is 0.129. The third-order valence-electron chi connectivity index (χ3n) is 9.33. The Morgan fingerprint density at radius 2 is 1.14 bits per heavy atom. The molecule has 1 atom stereocenters. The Kier molecular flexibility index (Phi) is 12.5. The van der Waals surface area contributed by atoms with Gasteiger partial charge in [-0.2, -0.15) is 0 Å². The van der Waals surface area contributed by atoms with E-state index in [1.807, 2.05) is 36.4 Å². The first-order valence-corrected chi connectivity index (χ1v) is 19.0. The average Bonchev–Trinajstić information content (AvgIpc) is 2.98. The van der Waals surface area contributed by atoms with E-state index in [1.54, 1.807) is 0 Å². The van der Waals surface area contributed by atoms with E-state index in [1.165, 1.54) is 41.2 Å². The third-order valence-corrected chi connectivity index (χ3v) is 15.0. The van der Waals surface area contributed by atoms with Crippen LogP contribution in [0.4, 0.5) is 0 Å². The highest BCUT2D eigenvalue weighted by molar-refractivity contribution is 7.11. The zero-order valence-corrected chi connectivity index (χ0v) is 28.9. The van der Waals surface area contributed by atoms with Crippen LogP contribution in [0.25, 0.3) is 0 Å². The van der Waals surface area contributed by atoms with Crippen LogP contribution >= 0.6 is 34.8 Å². The molecule has 2 nitrogen and oxygen atoms in total. The molecule has 0 heterocycles. The second-order valence-corrected chi connectivity index (χ2v) is 18.1. The molecule has 228 valence electrons. The molecule has 0 radical (unpaired) electrons. The van der Waals surface area contributed by atoms with Crippen molar-refractivity contribution in [3.63, 3.8) is 0 Å². The monoisotopic (exact) mass is 644 g/mol. The predicted octanol–water partition coefficient (Wildman–Crippen LogP) is 9.03. The SMILES string of the molecule is CCOCC(CC[Si](c1ccc(Cl)cc1)(c1ccc(Cl)cc1)c1ccc(Cl)cc1)(COCC(C)C)C1CCC(C)CC1. The molecule has 0 aliphatic heterocycles. The van der Waals surface area contributed by atoms with Crippen molar-refractivity contribution in [1.82, 2.24) is 0 Å². The molecule has 0 spiro atoms. The lowest BCUT2D eigenvalue weighted by Crippen LogP contribution is -2.67. The van der Waals surface area contributed by atoms with Crippen LogP contribution in [-0.4, -0.2) is 34.5 Å². The van der Waals surface area contributed by atoms with Crippen molar-refractivity contribution in [3.05, 3.63) is 87.9 Å². The van der Waals surface area contributed by atoms with E-state index in [4.69, 9.17) is 44.3 Å². The van der Waals surface area contributed by atoms with E-state index in [0.717, 1.165) is 53.3 Å². The second kappa shape index (κ2) is 15.6. The van der Waals surface area contributed by atoms with Crippen LogP contribution in [-0.2, 0) is 9.47 Å². The van der Waals surface area contributed by atoms with Gasteiger partial charge in [-0.05, 0) is 102 Å². The fourth-order valence-corrected chi connectivity index (χ4v) is 12.2. The molecule has 42 heavy (non-hydrogen) atoms. The van der Waals surface area contributed by atoms with Crippen molar-refractivity contribution in [1.29, 1.82) is 0 Å². The molecule has 3 aromatic rings. The maximum absolute atomic E-state index is 6.55. The first kappa shape index (κ1) is 33.6. The molecule has 1 unspecified atom stereocenters. The van der Waals surface area contributed by atoms with Crippen molar-refractivity contribution in [2.75, 3.05) is 26.4 Å². The van der Waals surface area contributed by atoms with Crippen LogP contribution in [0.1, 0.15) is 59.8 Å². The summed E-state index contributed by atoms with van der Waals surface area (Å²) in [5.74, 6) is 1.85. The minimum atomic E-state index is -2.57. The van der Waals surface area contributed by atoms with E-state index in [9.17, 15) is 0 Å².